The van der Waals surface area contributed by atoms with E-state index in [-0.39, 0.29) is 0 Å². The van der Waals surface area contributed by atoms with Gasteiger partial charge >= 0.3 is 0 Å². The van der Waals surface area contributed by atoms with Gasteiger partial charge in [-0.25, -0.2) is 0 Å². The van der Waals surface area contributed by atoms with Gasteiger partial charge < -0.3 is 4.90 Å². The molecular weight excluding hydrogens is 611 g/mol. The molecule has 9 aromatic rings. The molecular formula is C47H33NS. The first kappa shape index (κ1) is 29.2. The summed E-state index contributed by atoms with van der Waals surface area (Å²) in [6.45, 7) is 2.22. The Morgan fingerprint density at radius 3 is 1.61 bits per heavy atom. The van der Waals surface area contributed by atoms with Gasteiger partial charge in [0.2, 0.25) is 0 Å². The zero-order valence-corrected chi connectivity index (χ0v) is 28.0. The number of thiophene rings is 1. The Morgan fingerprint density at radius 1 is 0.429 bits per heavy atom. The van der Waals surface area contributed by atoms with Gasteiger partial charge in [-0.2, -0.15) is 0 Å². The summed E-state index contributed by atoms with van der Waals surface area (Å²) in [7, 11) is 0. The van der Waals surface area contributed by atoms with Gasteiger partial charge in [0.15, 0.2) is 0 Å². The van der Waals surface area contributed by atoms with E-state index in [4.69, 9.17) is 0 Å². The Balaban J connectivity index is 1.43. The van der Waals surface area contributed by atoms with Crippen molar-refractivity contribution in [2.24, 2.45) is 0 Å². The number of para-hydroxylation sites is 1. The molecule has 232 valence electrons. The highest BCUT2D eigenvalue weighted by molar-refractivity contribution is 7.25. The topological polar surface area (TPSA) is 3.24 Å². The van der Waals surface area contributed by atoms with Crippen molar-refractivity contribution in [2.45, 2.75) is 6.92 Å². The lowest BCUT2D eigenvalue weighted by molar-refractivity contribution is 1.29. The highest BCUT2D eigenvalue weighted by Crippen LogP contribution is 2.51. The predicted octanol–water partition coefficient (Wildman–Crippen LogP) is 14.0. The lowest BCUT2D eigenvalue weighted by Gasteiger charge is -2.32. The van der Waals surface area contributed by atoms with E-state index in [1.54, 1.807) is 0 Å². The third-order valence-electron chi connectivity index (χ3n) is 9.57. The van der Waals surface area contributed by atoms with Crippen LogP contribution in [0.1, 0.15) is 5.56 Å². The van der Waals surface area contributed by atoms with Crippen LogP contribution in [0, 0.1) is 6.92 Å². The van der Waals surface area contributed by atoms with E-state index in [1.807, 2.05) is 11.3 Å². The molecule has 0 radical (unpaired) electrons. The maximum Gasteiger partial charge on any atom is 0.0618 e. The first-order chi connectivity index (χ1) is 24.2. The van der Waals surface area contributed by atoms with Crippen molar-refractivity contribution in [3.63, 3.8) is 0 Å². The monoisotopic (exact) mass is 643 g/mol. The summed E-state index contributed by atoms with van der Waals surface area (Å²) in [6.07, 6.45) is 0. The fourth-order valence-corrected chi connectivity index (χ4v) is 8.48. The summed E-state index contributed by atoms with van der Waals surface area (Å²) in [5.74, 6) is 0. The van der Waals surface area contributed by atoms with Crippen LogP contribution in [0.2, 0.25) is 0 Å². The van der Waals surface area contributed by atoms with Crippen LogP contribution in [0.25, 0.3) is 64.3 Å². The molecule has 0 atom stereocenters. The molecule has 8 aromatic carbocycles. The third-order valence-corrected chi connectivity index (χ3v) is 10.7. The number of fused-ring (bicyclic) bond motifs is 4. The van der Waals surface area contributed by atoms with Crippen LogP contribution in [-0.2, 0) is 0 Å². The number of anilines is 3. The second-order valence-electron chi connectivity index (χ2n) is 12.6. The Bertz CT molecular complexity index is 2540. The Labute approximate surface area is 291 Å². The summed E-state index contributed by atoms with van der Waals surface area (Å²) in [6, 6.07) is 66.3. The van der Waals surface area contributed by atoms with Gasteiger partial charge in [-0.05, 0) is 70.3 Å². The van der Waals surface area contributed by atoms with Gasteiger partial charge in [-0.1, -0.05) is 152 Å². The van der Waals surface area contributed by atoms with Crippen LogP contribution in [0.5, 0.6) is 0 Å². The molecule has 49 heavy (non-hydrogen) atoms. The van der Waals surface area contributed by atoms with Crippen molar-refractivity contribution < 1.29 is 0 Å². The molecule has 1 heterocycles. The summed E-state index contributed by atoms with van der Waals surface area (Å²) in [5.41, 5.74) is 11.8. The lowest BCUT2D eigenvalue weighted by atomic mass is 9.92. The zero-order chi connectivity index (χ0) is 32.7. The van der Waals surface area contributed by atoms with E-state index < -0.39 is 0 Å². The van der Waals surface area contributed by atoms with Crippen molar-refractivity contribution in [3.05, 3.63) is 188 Å². The van der Waals surface area contributed by atoms with E-state index in [1.165, 1.54) is 69.9 Å². The summed E-state index contributed by atoms with van der Waals surface area (Å²) in [4.78, 5) is 2.52. The van der Waals surface area contributed by atoms with E-state index in [2.05, 4.69) is 194 Å². The van der Waals surface area contributed by atoms with E-state index in [9.17, 15) is 0 Å². The van der Waals surface area contributed by atoms with Gasteiger partial charge in [0.25, 0.3) is 0 Å². The second kappa shape index (κ2) is 12.2. The molecule has 0 saturated heterocycles. The molecule has 0 bridgehead atoms. The third kappa shape index (κ3) is 5.18. The lowest BCUT2D eigenvalue weighted by Crippen LogP contribution is -2.14. The Kier molecular flexibility index (Phi) is 7.30. The van der Waals surface area contributed by atoms with Crippen molar-refractivity contribution in [2.75, 3.05) is 4.90 Å². The van der Waals surface area contributed by atoms with E-state index >= 15 is 0 Å². The first-order valence-electron chi connectivity index (χ1n) is 16.8. The van der Waals surface area contributed by atoms with Gasteiger partial charge in [0, 0.05) is 42.6 Å². The van der Waals surface area contributed by atoms with Gasteiger partial charge in [0.05, 0.1) is 11.4 Å². The quantitative estimate of drug-likeness (QED) is 0.174. The van der Waals surface area contributed by atoms with Crippen molar-refractivity contribution in [1.29, 1.82) is 0 Å². The van der Waals surface area contributed by atoms with Crippen LogP contribution in [-0.4, -0.2) is 0 Å². The minimum absolute atomic E-state index is 1.13. The molecule has 1 nitrogen and oxygen atoms in total. The molecule has 2 heteroatoms. The molecule has 0 aliphatic carbocycles. The minimum atomic E-state index is 1.13. The van der Waals surface area contributed by atoms with Gasteiger partial charge in [0.1, 0.15) is 0 Å². The van der Waals surface area contributed by atoms with Crippen LogP contribution < -0.4 is 4.90 Å². The molecule has 0 N–H and O–H groups in total. The Hall–Kier alpha value is -5.96. The van der Waals surface area contributed by atoms with Crippen LogP contribution >= 0.6 is 11.3 Å². The van der Waals surface area contributed by atoms with E-state index in [0.717, 1.165) is 17.1 Å². The molecule has 0 aliphatic heterocycles. The highest BCUT2D eigenvalue weighted by Gasteiger charge is 2.25. The van der Waals surface area contributed by atoms with Crippen LogP contribution in [0.3, 0.4) is 0 Å². The Morgan fingerprint density at radius 2 is 0.980 bits per heavy atom. The molecule has 0 aliphatic rings. The fraction of sp³-hybridized carbons (Fsp3) is 0.0213. The molecule has 0 fully saturated rings. The number of aryl methyl sites for hydroxylation is 1. The summed E-state index contributed by atoms with van der Waals surface area (Å²) < 4.78 is 2.61. The minimum Gasteiger partial charge on any atom is -0.309 e. The van der Waals surface area contributed by atoms with Crippen molar-refractivity contribution in [1.82, 2.24) is 0 Å². The average Bonchev–Trinajstić information content (AvgIpc) is 3.55. The zero-order valence-electron chi connectivity index (χ0n) is 27.2. The summed E-state index contributed by atoms with van der Waals surface area (Å²) >= 11 is 1.88. The number of nitrogens with zero attached hydrogens (tertiary/aromatic N) is 1. The maximum absolute atomic E-state index is 2.52. The fourth-order valence-electron chi connectivity index (χ4n) is 7.27. The van der Waals surface area contributed by atoms with Crippen molar-refractivity contribution >= 4 is 59.3 Å². The number of hydrogen-bond acceptors (Lipinski definition) is 2. The first-order valence-corrected chi connectivity index (χ1v) is 17.6. The molecule has 0 amide bonds. The molecule has 9 rings (SSSR count). The van der Waals surface area contributed by atoms with Crippen LogP contribution in [0.4, 0.5) is 17.1 Å². The standard InChI is InChI=1S/C47H33NS/c1-32-15-13-26-44-46(32)41-28-27-38(31-45(41)49-44)48(43-30-37-23-12-11-22-36(37)29-42(43)35-20-9-4-10-21-35)47-39(33-16-5-2-6-17-33)24-14-25-40(47)34-18-7-3-8-19-34/h2-31H,1H3. The largest absolute Gasteiger partial charge is 0.309 e. The predicted molar refractivity (Wildman–Crippen MR) is 213 cm³/mol. The normalized spacial score (nSPS) is 11.4. The number of rotatable bonds is 6. The van der Waals surface area contributed by atoms with E-state index in [0.29, 0.717) is 0 Å². The molecule has 0 spiro atoms. The van der Waals surface area contributed by atoms with Crippen molar-refractivity contribution in [3.8, 4) is 33.4 Å². The smallest absolute Gasteiger partial charge is 0.0618 e. The van der Waals surface area contributed by atoms with Gasteiger partial charge in [-0.3, -0.25) is 0 Å². The molecule has 1 aromatic heterocycles. The SMILES string of the molecule is Cc1cccc2sc3cc(N(c4cc5ccccc5cc4-c4ccccc4)c4c(-c5ccccc5)cccc4-c4ccccc4)ccc3c12. The molecule has 0 saturated carbocycles. The maximum atomic E-state index is 2.52. The molecule has 0 unspecified atom stereocenters. The van der Waals surface area contributed by atoms with Gasteiger partial charge in [-0.15, -0.1) is 11.3 Å². The van der Waals surface area contributed by atoms with Crippen LogP contribution in [0.15, 0.2) is 182 Å². The second-order valence-corrected chi connectivity index (χ2v) is 13.7. The number of benzene rings is 8. The highest BCUT2D eigenvalue weighted by atomic mass is 32.1. The average molecular weight is 644 g/mol. The summed E-state index contributed by atoms with van der Waals surface area (Å²) in [5, 5.41) is 5.09. The number of hydrogen-bond donors (Lipinski definition) is 0.